The molecule has 2 aliphatic rings. The summed E-state index contributed by atoms with van der Waals surface area (Å²) >= 11 is 0. The minimum Gasteiger partial charge on any atom is -0.375 e. The van der Waals surface area contributed by atoms with Crippen LogP contribution in [0.2, 0.25) is 0 Å². The molecule has 0 aromatic carbocycles. The molecular weight excluding hydrogens is 162 g/mol. The predicted octanol–water partition coefficient (Wildman–Crippen LogP) is 1.80. The van der Waals surface area contributed by atoms with E-state index in [0.29, 0.717) is 6.10 Å². The molecule has 2 atom stereocenters. The van der Waals surface area contributed by atoms with Crippen LogP contribution in [0.3, 0.4) is 0 Å². The van der Waals surface area contributed by atoms with E-state index in [-0.39, 0.29) is 0 Å². The molecule has 2 rings (SSSR count). The van der Waals surface area contributed by atoms with Gasteiger partial charge in [0.05, 0.1) is 6.10 Å². The van der Waals surface area contributed by atoms with E-state index in [1.54, 1.807) is 0 Å². The quantitative estimate of drug-likeness (QED) is 0.720. The lowest BCUT2D eigenvalue weighted by atomic mass is 9.83. The van der Waals surface area contributed by atoms with Crippen LogP contribution in [0.5, 0.6) is 0 Å². The SMILES string of the molecule is CC1CCCC(COC2CNC2)C1. The molecular formula is C11H21NO. The number of hydrogen-bond acceptors (Lipinski definition) is 2. The fourth-order valence-electron chi connectivity index (χ4n) is 2.36. The third-order valence-corrected chi connectivity index (χ3v) is 3.36. The van der Waals surface area contributed by atoms with Gasteiger partial charge in [0.15, 0.2) is 0 Å². The van der Waals surface area contributed by atoms with Crippen molar-refractivity contribution in [2.75, 3.05) is 19.7 Å². The molecule has 0 amide bonds. The smallest absolute Gasteiger partial charge is 0.0823 e. The Morgan fingerprint density at radius 3 is 2.77 bits per heavy atom. The van der Waals surface area contributed by atoms with Crippen LogP contribution in [0.15, 0.2) is 0 Å². The van der Waals surface area contributed by atoms with Gasteiger partial charge in [0, 0.05) is 19.7 Å². The molecule has 2 heteroatoms. The van der Waals surface area contributed by atoms with E-state index < -0.39 is 0 Å². The van der Waals surface area contributed by atoms with Crippen LogP contribution in [-0.4, -0.2) is 25.8 Å². The van der Waals surface area contributed by atoms with Crippen molar-refractivity contribution in [3.8, 4) is 0 Å². The molecule has 1 heterocycles. The van der Waals surface area contributed by atoms with Crippen molar-refractivity contribution in [1.29, 1.82) is 0 Å². The third-order valence-electron chi connectivity index (χ3n) is 3.36. The molecule has 2 unspecified atom stereocenters. The zero-order valence-electron chi connectivity index (χ0n) is 8.59. The Morgan fingerprint density at radius 2 is 2.15 bits per heavy atom. The maximum atomic E-state index is 5.80. The monoisotopic (exact) mass is 183 g/mol. The van der Waals surface area contributed by atoms with Crippen molar-refractivity contribution in [1.82, 2.24) is 5.32 Å². The molecule has 0 spiro atoms. The first-order chi connectivity index (χ1) is 6.34. The van der Waals surface area contributed by atoms with Gasteiger partial charge in [-0.1, -0.05) is 19.8 Å². The van der Waals surface area contributed by atoms with Crippen molar-refractivity contribution < 1.29 is 4.74 Å². The second kappa shape index (κ2) is 4.43. The molecule has 0 bridgehead atoms. The van der Waals surface area contributed by atoms with E-state index >= 15 is 0 Å². The lowest BCUT2D eigenvalue weighted by molar-refractivity contribution is -0.0104. The Morgan fingerprint density at radius 1 is 1.31 bits per heavy atom. The van der Waals surface area contributed by atoms with E-state index in [0.717, 1.165) is 31.5 Å². The van der Waals surface area contributed by atoms with E-state index in [9.17, 15) is 0 Å². The molecule has 0 radical (unpaired) electrons. The third kappa shape index (κ3) is 2.68. The van der Waals surface area contributed by atoms with Gasteiger partial charge >= 0.3 is 0 Å². The summed E-state index contributed by atoms with van der Waals surface area (Å²) in [7, 11) is 0. The minimum absolute atomic E-state index is 0.525. The zero-order chi connectivity index (χ0) is 9.10. The van der Waals surface area contributed by atoms with Crippen LogP contribution in [-0.2, 0) is 4.74 Å². The van der Waals surface area contributed by atoms with Gasteiger partial charge in [-0.05, 0) is 24.7 Å². The number of nitrogens with one attached hydrogen (secondary N) is 1. The molecule has 1 saturated heterocycles. The summed E-state index contributed by atoms with van der Waals surface area (Å²) in [5, 5.41) is 3.23. The fourth-order valence-corrected chi connectivity index (χ4v) is 2.36. The van der Waals surface area contributed by atoms with Crippen molar-refractivity contribution in [2.24, 2.45) is 11.8 Å². The normalized spacial score (nSPS) is 35.8. The summed E-state index contributed by atoms with van der Waals surface area (Å²) in [6.07, 6.45) is 6.15. The Bertz CT molecular complexity index is 156. The summed E-state index contributed by atoms with van der Waals surface area (Å²) in [6, 6.07) is 0. The fraction of sp³-hybridized carbons (Fsp3) is 1.00. The van der Waals surface area contributed by atoms with Crippen LogP contribution in [0, 0.1) is 11.8 Å². The highest BCUT2D eigenvalue weighted by atomic mass is 16.5. The number of rotatable bonds is 3. The highest BCUT2D eigenvalue weighted by molar-refractivity contribution is 4.76. The molecule has 0 aromatic heterocycles. The van der Waals surface area contributed by atoms with E-state index in [4.69, 9.17) is 4.74 Å². The van der Waals surface area contributed by atoms with Gasteiger partial charge < -0.3 is 10.1 Å². The molecule has 76 valence electrons. The topological polar surface area (TPSA) is 21.3 Å². The van der Waals surface area contributed by atoms with Gasteiger partial charge in [0.25, 0.3) is 0 Å². The average molecular weight is 183 g/mol. The van der Waals surface area contributed by atoms with Crippen molar-refractivity contribution in [3.63, 3.8) is 0 Å². The van der Waals surface area contributed by atoms with Gasteiger partial charge in [-0.2, -0.15) is 0 Å². The maximum Gasteiger partial charge on any atom is 0.0823 e. The van der Waals surface area contributed by atoms with Gasteiger partial charge in [-0.25, -0.2) is 0 Å². The summed E-state index contributed by atoms with van der Waals surface area (Å²) < 4.78 is 5.80. The first-order valence-corrected chi connectivity index (χ1v) is 5.67. The van der Waals surface area contributed by atoms with E-state index in [1.165, 1.54) is 25.7 Å². The van der Waals surface area contributed by atoms with Crippen LogP contribution in [0.4, 0.5) is 0 Å². The lowest BCUT2D eigenvalue weighted by Gasteiger charge is -2.31. The second-order valence-electron chi connectivity index (χ2n) is 4.75. The highest BCUT2D eigenvalue weighted by Gasteiger charge is 2.22. The average Bonchev–Trinajstić information content (AvgIpc) is 2.01. The molecule has 1 N–H and O–H groups in total. The maximum absolute atomic E-state index is 5.80. The predicted molar refractivity (Wildman–Crippen MR) is 53.7 cm³/mol. The summed E-state index contributed by atoms with van der Waals surface area (Å²) in [6.45, 7) is 5.53. The van der Waals surface area contributed by atoms with Gasteiger partial charge in [-0.3, -0.25) is 0 Å². The van der Waals surface area contributed by atoms with Crippen LogP contribution in [0.25, 0.3) is 0 Å². The Balaban J connectivity index is 1.62. The lowest BCUT2D eigenvalue weighted by Crippen LogP contribution is -2.49. The Kier molecular flexibility index (Phi) is 3.23. The van der Waals surface area contributed by atoms with Crippen LogP contribution >= 0.6 is 0 Å². The minimum atomic E-state index is 0.525. The summed E-state index contributed by atoms with van der Waals surface area (Å²) in [4.78, 5) is 0. The molecule has 1 saturated carbocycles. The van der Waals surface area contributed by atoms with Crippen LogP contribution < -0.4 is 5.32 Å². The van der Waals surface area contributed by atoms with Gasteiger partial charge in [0.2, 0.25) is 0 Å². The summed E-state index contributed by atoms with van der Waals surface area (Å²) in [5.74, 6) is 1.78. The standard InChI is InChI=1S/C11H21NO/c1-9-3-2-4-10(5-9)8-13-11-6-12-7-11/h9-12H,2-8H2,1H3. The first-order valence-electron chi connectivity index (χ1n) is 5.67. The highest BCUT2D eigenvalue weighted by Crippen LogP contribution is 2.28. The van der Waals surface area contributed by atoms with Gasteiger partial charge in [-0.15, -0.1) is 0 Å². The molecule has 1 aliphatic heterocycles. The Hall–Kier alpha value is -0.0800. The molecule has 0 aromatic rings. The molecule has 2 fully saturated rings. The zero-order valence-corrected chi connectivity index (χ0v) is 8.59. The van der Waals surface area contributed by atoms with Crippen LogP contribution in [0.1, 0.15) is 32.6 Å². The van der Waals surface area contributed by atoms with E-state index in [2.05, 4.69) is 12.2 Å². The largest absolute Gasteiger partial charge is 0.375 e. The first kappa shape index (κ1) is 9.47. The number of hydrogen-bond donors (Lipinski definition) is 1. The van der Waals surface area contributed by atoms with Crippen molar-refractivity contribution in [2.45, 2.75) is 38.7 Å². The Labute approximate surface area is 81.0 Å². The van der Waals surface area contributed by atoms with Gasteiger partial charge in [0.1, 0.15) is 0 Å². The molecule has 13 heavy (non-hydrogen) atoms. The molecule has 2 nitrogen and oxygen atoms in total. The van der Waals surface area contributed by atoms with Crippen molar-refractivity contribution >= 4 is 0 Å². The van der Waals surface area contributed by atoms with E-state index in [1.807, 2.05) is 0 Å². The van der Waals surface area contributed by atoms with Crippen molar-refractivity contribution in [3.05, 3.63) is 0 Å². The summed E-state index contributed by atoms with van der Waals surface area (Å²) in [5.41, 5.74) is 0. The number of ether oxygens (including phenoxy) is 1. The second-order valence-corrected chi connectivity index (χ2v) is 4.75. The molecule has 1 aliphatic carbocycles.